The number of nitrogens with one attached hydrogen (secondary N) is 2. The first-order valence-corrected chi connectivity index (χ1v) is 14.3. The summed E-state index contributed by atoms with van der Waals surface area (Å²) in [6.45, 7) is 11.0. The zero-order valence-corrected chi connectivity index (χ0v) is 24.0. The molecule has 0 aliphatic carbocycles. The van der Waals surface area contributed by atoms with E-state index in [0.717, 1.165) is 45.6 Å². The second-order valence-electron chi connectivity index (χ2n) is 11.0. The molecule has 0 radical (unpaired) electrons. The Balaban J connectivity index is 1.36. The van der Waals surface area contributed by atoms with Gasteiger partial charge in [-0.15, -0.1) is 0 Å². The molecule has 2 heterocycles. The van der Waals surface area contributed by atoms with Gasteiger partial charge < -0.3 is 29.7 Å². The normalized spacial score (nSPS) is 21.4. The predicted octanol–water partition coefficient (Wildman–Crippen LogP) is 3.41. The van der Waals surface area contributed by atoms with Gasteiger partial charge >= 0.3 is 0 Å². The average molecular weight is 539 g/mol. The smallest absolute Gasteiger partial charge is 0.254 e. The van der Waals surface area contributed by atoms with Gasteiger partial charge in [-0.25, -0.2) is 0 Å². The molecule has 8 nitrogen and oxygen atoms in total. The number of carbonyl (C=O) groups excluding carboxylic acids is 1. The van der Waals surface area contributed by atoms with E-state index in [-0.39, 0.29) is 11.9 Å². The lowest BCUT2D eigenvalue weighted by Gasteiger charge is -2.33. The van der Waals surface area contributed by atoms with Crippen molar-refractivity contribution in [1.82, 2.24) is 20.4 Å². The zero-order chi connectivity index (χ0) is 27.6. The largest absolute Gasteiger partial charge is 0.493 e. The van der Waals surface area contributed by atoms with Crippen molar-refractivity contribution >= 4 is 5.91 Å². The molecule has 2 aromatic rings. The Morgan fingerprint density at radius 2 is 1.92 bits per heavy atom. The van der Waals surface area contributed by atoms with Crippen LogP contribution in [0.25, 0.3) is 0 Å². The van der Waals surface area contributed by atoms with E-state index in [0.29, 0.717) is 54.8 Å². The summed E-state index contributed by atoms with van der Waals surface area (Å²) < 4.78 is 16.5. The van der Waals surface area contributed by atoms with Gasteiger partial charge in [-0.05, 0) is 44.0 Å². The van der Waals surface area contributed by atoms with Crippen LogP contribution in [0, 0.1) is 5.92 Å². The average Bonchev–Trinajstić information content (AvgIpc) is 3.58. The number of hydrogen-bond donors (Lipinski definition) is 2. The number of hydrogen-bond acceptors (Lipinski definition) is 7. The molecule has 4 rings (SSSR count). The maximum Gasteiger partial charge on any atom is 0.254 e. The quantitative estimate of drug-likeness (QED) is 0.357. The molecule has 2 aromatic carbocycles. The lowest BCUT2D eigenvalue weighted by atomic mass is 10.00. The zero-order valence-electron chi connectivity index (χ0n) is 24.0. The fourth-order valence-electron chi connectivity index (χ4n) is 5.63. The molecular weight excluding hydrogens is 492 g/mol. The molecule has 2 fully saturated rings. The summed E-state index contributed by atoms with van der Waals surface area (Å²) >= 11 is 0. The Hall–Kier alpha value is -2.65. The van der Waals surface area contributed by atoms with Gasteiger partial charge in [-0.1, -0.05) is 30.3 Å². The lowest BCUT2D eigenvalue weighted by molar-refractivity contribution is 0.0666. The minimum atomic E-state index is 0.0231. The molecule has 2 saturated heterocycles. The van der Waals surface area contributed by atoms with Crippen molar-refractivity contribution in [2.45, 2.75) is 51.4 Å². The number of methoxy groups -OCH3 is 2. The highest BCUT2D eigenvalue weighted by Crippen LogP contribution is 2.29. The molecular formula is C31H46N4O4. The lowest BCUT2D eigenvalue weighted by Crippen LogP contribution is -2.49. The molecule has 1 amide bonds. The van der Waals surface area contributed by atoms with Crippen LogP contribution in [0.5, 0.6) is 11.5 Å². The number of ether oxygens (including phenoxy) is 3. The van der Waals surface area contributed by atoms with Crippen LogP contribution in [0.15, 0.2) is 48.5 Å². The highest BCUT2D eigenvalue weighted by atomic mass is 16.5. The first-order valence-electron chi connectivity index (χ1n) is 14.3. The molecule has 0 aromatic heterocycles. The molecule has 8 heteroatoms. The van der Waals surface area contributed by atoms with Crippen LogP contribution in [-0.2, 0) is 11.3 Å². The second-order valence-corrected chi connectivity index (χ2v) is 11.0. The highest BCUT2D eigenvalue weighted by Gasteiger charge is 2.34. The number of likely N-dealkylation sites (tertiary alicyclic amines) is 1. The topological polar surface area (TPSA) is 75.3 Å². The van der Waals surface area contributed by atoms with Gasteiger partial charge in [0.2, 0.25) is 0 Å². The molecule has 0 spiro atoms. The summed E-state index contributed by atoms with van der Waals surface area (Å²) in [6, 6.07) is 17.1. The van der Waals surface area contributed by atoms with Gasteiger partial charge in [0, 0.05) is 89.0 Å². The predicted molar refractivity (Wildman–Crippen MR) is 155 cm³/mol. The maximum absolute atomic E-state index is 13.7. The fourth-order valence-corrected chi connectivity index (χ4v) is 5.63. The van der Waals surface area contributed by atoms with Crippen molar-refractivity contribution in [2.75, 3.05) is 60.2 Å². The standard InChI is InChI=1S/C31H46N4O4/c1-23(2)35(31(36)25-11-12-29(38-4)30(17-25)39-16-8-15-37-3)21-26-18-32-19-28(26)33-27-13-14-34(22-27)20-24-9-6-5-7-10-24/h5-7,9-12,17,23,26-28,32-33H,8,13-16,18-22H2,1-4H3/t26-,27?,28+/m0/s1. The molecule has 3 atom stereocenters. The van der Waals surface area contributed by atoms with Gasteiger partial charge in [-0.2, -0.15) is 0 Å². The number of nitrogens with zero attached hydrogens (tertiary/aromatic N) is 2. The molecule has 0 saturated carbocycles. The van der Waals surface area contributed by atoms with Crippen molar-refractivity contribution < 1.29 is 19.0 Å². The monoisotopic (exact) mass is 538 g/mol. The molecule has 1 unspecified atom stereocenters. The molecule has 214 valence electrons. The van der Waals surface area contributed by atoms with Gasteiger partial charge in [-0.3, -0.25) is 9.69 Å². The number of carbonyl (C=O) groups is 1. The Morgan fingerprint density at radius 3 is 2.67 bits per heavy atom. The first-order chi connectivity index (χ1) is 19.0. The third-order valence-corrected chi connectivity index (χ3v) is 7.79. The van der Waals surface area contributed by atoms with E-state index in [2.05, 4.69) is 59.7 Å². The summed E-state index contributed by atoms with van der Waals surface area (Å²) in [7, 11) is 3.29. The minimum Gasteiger partial charge on any atom is -0.493 e. The second kappa shape index (κ2) is 14.7. The van der Waals surface area contributed by atoms with Crippen molar-refractivity contribution in [3.05, 3.63) is 59.7 Å². The summed E-state index contributed by atoms with van der Waals surface area (Å²) in [5, 5.41) is 7.50. The van der Waals surface area contributed by atoms with Gasteiger partial charge in [0.1, 0.15) is 0 Å². The van der Waals surface area contributed by atoms with Crippen molar-refractivity contribution in [2.24, 2.45) is 5.92 Å². The van der Waals surface area contributed by atoms with E-state index in [1.165, 1.54) is 5.56 Å². The van der Waals surface area contributed by atoms with Gasteiger partial charge in [0.25, 0.3) is 5.91 Å². The van der Waals surface area contributed by atoms with E-state index in [1.807, 2.05) is 23.1 Å². The van der Waals surface area contributed by atoms with Crippen LogP contribution in [0.4, 0.5) is 0 Å². The van der Waals surface area contributed by atoms with Gasteiger partial charge in [0.15, 0.2) is 11.5 Å². The van der Waals surface area contributed by atoms with Crippen LogP contribution in [0.3, 0.4) is 0 Å². The fraction of sp³-hybridized carbons (Fsp3) is 0.581. The molecule has 2 N–H and O–H groups in total. The van der Waals surface area contributed by atoms with Gasteiger partial charge in [0.05, 0.1) is 13.7 Å². The van der Waals surface area contributed by atoms with Crippen LogP contribution in [0.1, 0.15) is 42.6 Å². The Bertz CT molecular complexity index is 1030. The molecule has 2 aliphatic heterocycles. The summed E-state index contributed by atoms with van der Waals surface area (Å²) in [5.74, 6) is 1.59. The summed E-state index contributed by atoms with van der Waals surface area (Å²) in [4.78, 5) is 18.3. The molecule has 2 aliphatic rings. The maximum atomic E-state index is 13.7. The Labute approximate surface area is 234 Å². The van der Waals surface area contributed by atoms with Crippen molar-refractivity contribution in [3.8, 4) is 11.5 Å². The van der Waals surface area contributed by atoms with E-state index in [1.54, 1.807) is 14.2 Å². The highest BCUT2D eigenvalue weighted by molar-refractivity contribution is 5.95. The van der Waals surface area contributed by atoms with Crippen molar-refractivity contribution in [3.63, 3.8) is 0 Å². The third-order valence-electron chi connectivity index (χ3n) is 7.79. The van der Waals surface area contributed by atoms with Crippen LogP contribution < -0.4 is 20.1 Å². The van der Waals surface area contributed by atoms with E-state index >= 15 is 0 Å². The number of rotatable bonds is 14. The molecule has 0 bridgehead atoms. The van der Waals surface area contributed by atoms with Crippen LogP contribution in [0.2, 0.25) is 0 Å². The number of benzene rings is 2. The number of amides is 1. The molecule has 39 heavy (non-hydrogen) atoms. The Kier molecular flexibility index (Phi) is 11.0. The SMILES string of the molecule is COCCCOc1cc(C(=O)N(C[C@@H]2CNC[C@H]2NC2CCN(Cc3ccccc3)C2)C(C)C)ccc1OC. The van der Waals surface area contributed by atoms with E-state index < -0.39 is 0 Å². The minimum absolute atomic E-state index is 0.0231. The third kappa shape index (κ3) is 8.18. The van der Waals surface area contributed by atoms with E-state index in [9.17, 15) is 4.79 Å². The van der Waals surface area contributed by atoms with Crippen LogP contribution in [-0.4, -0.2) is 94.0 Å². The van der Waals surface area contributed by atoms with Crippen molar-refractivity contribution in [1.29, 1.82) is 0 Å². The van der Waals surface area contributed by atoms with Crippen LogP contribution >= 0.6 is 0 Å². The first kappa shape index (κ1) is 29.3. The van der Waals surface area contributed by atoms with E-state index in [4.69, 9.17) is 14.2 Å². The summed E-state index contributed by atoms with van der Waals surface area (Å²) in [6.07, 6.45) is 1.92. The summed E-state index contributed by atoms with van der Waals surface area (Å²) in [5.41, 5.74) is 1.99. The Morgan fingerprint density at radius 1 is 1.10 bits per heavy atom.